The Labute approximate surface area is 85.4 Å². The molecule has 1 aromatic heterocycles. The highest BCUT2D eigenvalue weighted by atomic mass is 15.0. The Morgan fingerprint density at radius 3 is 2.50 bits per heavy atom. The number of fused-ring (bicyclic) bond motifs is 1. The maximum absolute atomic E-state index is 2.29. The zero-order chi connectivity index (χ0) is 10.1. The van der Waals surface area contributed by atoms with E-state index in [0.717, 1.165) is 6.42 Å². The van der Waals surface area contributed by atoms with E-state index in [1.54, 1.807) is 0 Å². The van der Waals surface area contributed by atoms with Crippen molar-refractivity contribution in [2.24, 2.45) is 0 Å². The molecule has 1 heteroatoms. The van der Waals surface area contributed by atoms with E-state index in [4.69, 9.17) is 0 Å². The van der Waals surface area contributed by atoms with Gasteiger partial charge in [-0.3, -0.25) is 0 Å². The monoisotopic (exact) mass is 187 g/mol. The second-order valence-corrected chi connectivity index (χ2v) is 4.12. The molecule has 74 valence electrons. The van der Waals surface area contributed by atoms with Crippen molar-refractivity contribution in [3.05, 3.63) is 36.2 Å². The first-order valence-corrected chi connectivity index (χ1v) is 5.31. The van der Waals surface area contributed by atoms with Crippen molar-refractivity contribution in [2.75, 3.05) is 0 Å². The lowest BCUT2D eigenvalue weighted by Gasteiger charge is -2.04. The van der Waals surface area contributed by atoms with Crippen molar-refractivity contribution in [1.29, 1.82) is 0 Å². The molecule has 0 N–H and O–H groups in total. The Morgan fingerprint density at radius 2 is 1.86 bits per heavy atom. The molecule has 1 nitrogen and oxygen atoms in total. The minimum Gasteiger partial charge on any atom is -0.351 e. The Hall–Kier alpha value is -1.24. The molecule has 0 aliphatic heterocycles. The fourth-order valence-corrected chi connectivity index (χ4v) is 1.73. The highest BCUT2D eigenvalue weighted by molar-refractivity contribution is 5.83. The minimum atomic E-state index is 0.549. The summed E-state index contributed by atoms with van der Waals surface area (Å²) in [6, 6.07) is 7.27. The van der Waals surface area contributed by atoms with Crippen LogP contribution in [0.5, 0.6) is 0 Å². The molecule has 0 aliphatic carbocycles. The molecule has 0 unspecified atom stereocenters. The maximum atomic E-state index is 2.29. The first kappa shape index (κ1) is 9.32. The third-order valence-electron chi connectivity index (χ3n) is 2.73. The van der Waals surface area contributed by atoms with Gasteiger partial charge in [-0.25, -0.2) is 0 Å². The molecule has 2 aromatic rings. The maximum Gasteiger partial charge on any atom is 0.0274 e. The molecule has 0 spiro atoms. The van der Waals surface area contributed by atoms with Crippen LogP contribution in [0.2, 0.25) is 0 Å². The quantitative estimate of drug-likeness (QED) is 0.674. The van der Waals surface area contributed by atoms with Gasteiger partial charge in [0, 0.05) is 18.4 Å². The predicted octanol–water partition coefficient (Wildman–Crippen LogP) is 3.78. The van der Waals surface area contributed by atoms with E-state index in [1.807, 2.05) is 0 Å². The van der Waals surface area contributed by atoms with E-state index in [9.17, 15) is 0 Å². The summed E-state index contributed by atoms with van der Waals surface area (Å²) in [6.07, 6.45) is 5.57. The van der Waals surface area contributed by atoms with Gasteiger partial charge < -0.3 is 4.57 Å². The Balaban J connectivity index is 2.54. The zero-order valence-electron chi connectivity index (χ0n) is 9.12. The van der Waals surface area contributed by atoms with Gasteiger partial charge in [0.2, 0.25) is 0 Å². The fraction of sp³-hybridized carbons (Fsp3) is 0.385. The highest BCUT2D eigenvalue weighted by Gasteiger charge is 2.01. The molecule has 2 rings (SSSR count). The van der Waals surface area contributed by atoms with Crippen LogP contribution in [0.15, 0.2) is 30.6 Å². The molecular formula is C13H17N. The average Bonchev–Trinajstić information content (AvgIpc) is 2.59. The van der Waals surface area contributed by atoms with Gasteiger partial charge in [-0.2, -0.15) is 0 Å². The van der Waals surface area contributed by atoms with Gasteiger partial charge in [0.1, 0.15) is 0 Å². The number of nitrogens with zero attached hydrogens (tertiary/aromatic N) is 1. The summed E-state index contributed by atoms with van der Waals surface area (Å²) in [5, 5.41) is 2.70. The molecule has 0 saturated carbocycles. The van der Waals surface area contributed by atoms with Gasteiger partial charge in [0.05, 0.1) is 0 Å². The van der Waals surface area contributed by atoms with E-state index in [-0.39, 0.29) is 0 Å². The molecule has 1 aromatic carbocycles. The van der Waals surface area contributed by atoms with Crippen molar-refractivity contribution in [3.8, 4) is 0 Å². The van der Waals surface area contributed by atoms with Crippen LogP contribution in [-0.4, -0.2) is 4.57 Å². The molecule has 0 amide bonds. The van der Waals surface area contributed by atoms with Crippen LogP contribution in [0.1, 0.15) is 32.4 Å². The largest absolute Gasteiger partial charge is 0.351 e. The molecule has 1 heterocycles. The third kappa shape index (κ3) is 1.54. The van der Waals surface area contributed by atoms with Crippen LogP contribution in [0, 0.1) is 0 Å². The molecule has 14 heavy (non-hydrogen) atoms. The van der Waals surface area contributed by atoms with Crippen LogP contribution in [-0.2, 0) is 6.42 Å². The summed E-state index contributed by atoms with van der Waals surface area (Å²) in [7, 11) is 0. The van der Waals surface area contributed by atoms with Crippen molar-refractivity contribution in [3.63, 3.8) is 0 Å². The number of aromatic nitrogens is 1. The smallest absolute Gasteiger partial charge is 0.0274 e. The summed E-state index contributed by atoms with van der Waals surface area (Å²) >= 11 is 0. The topological polar surface area (TPSA) is 4.93 Å². The van der Waals surface area contributed by atoms with E-state index in [2.05, 4.69) is 55.9 Å². The summed E-state index contributed by atoms with van der Waals surface area (Å²) < 4.78 is 2.27. The molecule has 0 fully saturated rings. The number of hydrogen-bond donors (Lipinski definition) is 0. The minimum absolute atomic E-state index is 0.549. The normalized spacial score (nSPS) is 11.4. The molecule has 0 radical (unpaired) electrons. The van der Waals surface area contributed by atoms with Gasteiger partial charge in [-0.05, 0) is 42.7 Å². The van der Waals surface area contributed by atoms with Crippen molar-refractivity contribution in [2.45, 2.75) is 33.2 Å². The Morgan fingerprint density at radius 1 is 1.14 bits per heavy atom. The predicted molar refractivity (Wildman–Crippen MR) is 61.7 cm³/mol. The number of rotatable bonds is 2. The van der Waals surface area contributed by atoms with Gasteiger partial charge in [-0.1, -0.05) is 19.1 Å². The lowest BCUT2D eigenvalue weighted by atomic mass is 10.1. The van der Waals surface area contributed by atoms with Gasteiger partial charge in [-0.15, -0.1) is 0 Å². The SMILES string of the molecule is CCc1ccc2cn(C(C)C)cc2c1. The molecule has 0 bridgehead atoms. The number of aryl methyl sites for hydroxylation is 1. The third-order valence-corrected chi connectivity index (χ3v) is 2.73. The van der Waals surface area contributed by atoms with Crippen molar-refractivity contribution >= 4 is 10.8 Å². The van der Waals surface area contributed by atoms with Gasteiger partial charge in [0.15, 0.2) is 0 Å². The summed E-state index contributed by atoms with van der Waals surface area (Å²) in [4.78, 5) is 0. The van der Waals surface area contributed by atoms with E-state index in [1.165, 1.54) is 16.3 Å². The summed E-state index contributed by atoms with van der Waals surface area (Å²) in [5.41, 5.74) is 1.42. The Bertz CT molecular complexity index is 437. The fourth-order valence-electron chi connectivity index (χ4n) is 1.73. The highest BCUT2D eigenvalue weighted by Crippen LogP contribution is 2.20. The van der Waals surface area contributed by atoms with Crippen LogP contribution in [0.4, 0.5) is 0 Å². The second-order valence-electron chi connectivity index (χ2n) is 4.12. The van der Waals surface area contributed by atoms with E-state index >= 15 is 0 Å². The standard InChI is InChI=1S/C13H17N/c1-4-11-5-6-12-8-14(10(2)3)9-13(12)7-11/h5-10H,4H2,1-3H3. The summed E-state index contributed by atoms with van der Waals surface area (Å²) in [5.74, 6) is 0. The molecular weight excluding hydrogens is 170 g/mol. The zero-order valence-corrected chi connectivity index (χ0v) is 9.12. The number of benzene rings is 1. The average molecular weight is 187 g/mol. The van der Waals surface area contributed by atoms with Gasteiger partial charge >= 0.3 is 0 Å². The number of hydrogen-bond acceptors (Lipinski definition) is 0. The summed E-state index contributed by atoms with van der Waals surface area (Å²) in [6.45, 7) is 6.61. The van der Waals surface area contributed by atoms with Crippen LogP contribution in [0.3, 0.4) is 0 Å². The van der Waals surface area contributed by atoms with Crippen LogP contribution < -0.4 is 0 Å². The molecule has 0 saturated heterocycles. The van der Waals surface area contributed by atoms with Crippen molar-refractivity contribution in [1.82, 2.24) is 4.57 Å². The first-order chi connectivity index (χ1) is 6.70. The van der Waals surface area contributed by atoms with E-state index < -0.39 is 0 Å². The van der Waals surface area contributed by atoms with E-state index in [0.29, 0.717) is 6.04 Å². The lowest BCUT2D eigenvalue weighted by Crippen LogP contribution is -1.94. The van der Waals surface area contributed by atoms with Crippen LogP contribution in [0.25, 0.3) is 10.8 Å². The Kier molecular flexibility index (Phi) is 2.32. The molecule has 0 aliphatic rings. The first-order valence-electron chi connectivity index (χ1n) is 5.31. The van der Waals surface area contributed by atoms with Gasteiger partial charge in [0.25, 0.3) is 0 Å². The lowest BCUT2D eigenvalue weighted by molar-refractivity contribution is 0.606. The van der Waals surface area contributed by atoms with Crippen molar-refractivity contribution < 1.29 is 0 Å². The van der Waals surface area contributed by atoms with Crippen LogP contribution >= 0.6 is 0 Å². The second kappa shape index (κ2) is 3.49. The molecule has 0 atom stereocenters.